The summed E-state index contributed by atoms with van der Waals surface area (Å²) in [5, 5.41) is 20.3. The van der Waals surface area contributed by atoms with Crippen LogP contribution in [0.1, 0.15) is 72.8 Å². The van der Waals surface area contributed by atoms with Crippen LogP contribution in [0.2, 0.25) is 0 Å². The number of fused-ring (bicyclic) bond motifs is 1. The highest BCUT2D eigenvalue weighted by atomic mass is 16.2. The van der Waals surface area contributed by atoms with Gasteiger partial charge in [-0.25, -0.2) is 9.67 Å². The van der Waals surface area contributed by atoms with Gasteiger partial charge in [-0.1, -0.05) is 74.5 Å². The van der Waals surface area contributed by atoms with Gasteiger partial charge in [0.2, 0.25) is 23.6 Å². The van der Waals surface area contributed by atoms with Crippen molar-refractivity contribution in [3.8, 4) is 0 Å². The number of amides is 5. The number of nitrogens with zero attached hydrogens (tertiary/aromatic N) is 6. The first kappa shape index (κ1) is 38.4. The molecule has 0 spiro atoms. The average Bonchev–Trinajstić information content (AvgIpc) is 3.75. The first-order valence-corrected chi connectivity index (χ1v) is 17.9. The molecule has 1 aliphatic rings. The molecular weight excluding hydrogens is 676 g/mol. The molecule has 1 aliphatic heterocycles. The number of aromatic nitrogens is 5. The second kappa shape index (κ2) is 18.1. The van der Waals surface area contributed by atoms with Crippen molar-refractivity contribution in [1.82, 2.24) is 50.7 Å². The minimum Gasteiger partial charge on any atom is -0.353 e. The van der Waals surface area contributed by atoms with Gasteiger partial charge in [0.25, 0.3) is 5.91 Å². The van der Waals surface area contributed by atoms with E-state index >= 15 is 0 Å². The summed E-state index contributed by atoms with van der Waals surface area (Å²) in [4.78, 5) is 73.4. The average molecular weight is 725 g/mol. The maximum Gasteiger partial charge on any atom is 0.257 e. The lowest BCUT2D eigenvalue weighted by Gasteiger charge is -2.27. The third kappa shape index (κ3) is 10.8. The van der Waals surface area contributed by atoms with Gasteiger partial charge in [0, 0.05) is 38.7 Å². The molecule has 5 rings (SSSR count). The molecule has 15 heteroatoms. The molecule has 0 aliphatic carbocycles. The van der Waals surface area contributed by atoms with E-state index in [4.69, 9.17) is 0 Å². The van der Waals surface area contributed by atoms with E-state index in [0.717, 1.165) is 11.1 Å². The lowest BCUT2D eigenvalue weighted by Crippen LogP contribution is -2.54. The van der Waals surface area contributed by atoms with E-state index in [1.807, 2.05) is 74.5 Å². The SMILES string of the molecule is Cc1nc2n(n1)CC(=O)NCCN(C(=O)c1cnn(Cc3ccccc3)c1)CCCC(=O)N[C@@H](C)C(=O)N[C@H](Cc1ccccc1)C(=O)N[C@H]2C(C)C. The summed E-state index contributed by atoms with van der Waals surface area (Å²) in [6.45, 7) is 7.95. The van der Waals surface area contributed by atoms with E-state index in [2.05, 4.69) is 36.4 Å². The highest BCUT2D eigenvalue weighted by Crippen LogP contribution is 2.21. The largest absolute Gasteiger partial charge is 0.353 e. The fourth-order valence-corrected chi connectivity index (χ4v) is 6.12. The topological polar surface area (TPSA) is 185 Å². The highest BCUT2D eigenvalue weighted by molar-refractivity contribution is 5.94. The van der Waals surface area contributed by atoms with E-state index in [1.165, 1.54) is 10.9 Å². The first-order valence-electron chi connectivity index (χ1n) is 17.9. The summed E-state index contributed by atoms with van der Waals surface area (Å²) in [6, 6.07) is 16.5. The standard InChI is InChI=1S/C38H48N10O5/c1-25(2)34-35-42-27(4)45-48(35)24-33(50)39-17-19-46(38(53)30-21-40-47(23-30)22-29-14-9-6-10-15-29)18-11-16-32(49)41-26(3)36(51)43-31(37(52)44-34)20-28-12-7-5-8-13-28/h5-10,12-15,21,23,25-26,31,34H,11,16-20,22,24H2,1-4H3,(H,39,50)(H,41,49)(H,43,51)(H,44,52)/t26-,31+,34-/m0/s1. The van der Waals surface area contributed by atoms with Crippen molar-refractivity contribution in [1.29, 1.82) is 0 Å². The third-order valence-electron chi connectivity index (χ3n) is 8.92. The van der Waals surface area contributed by atoms with Crippen molar-refractivity contribution in [2.75, 3.05) is 19.6 Å². The Bertz CT molecular complexity index is 1870. The molecule has 2 aromatic heterocycles. The third-order valence-corrected chi connectivity index (χ3v) is 8.92. The van der Waals surface area contributed by atoms with Gasteiger partial charge < -0.3 is 26.2 Å². The van der Waals surface area contributed by atoms with Crippen LogP contribution in [0.25, 0.3) is 0 Å². The summed E-state index contributed by atoms with van der Waals surface area (Å²) in [7, 11) is 0. The Hall–Kier alpha value is -5.86. The van der Waals surface area contributed by atoms with Crippen LogP contribution in [0, 0.1) is 12.8 Å². The van der Waals surface area contributed by atoms with Gasteiger partial charge in [-0.2, -0.15) is 10.2 Å². The Balaban J connectivity index is 1.37. The van der Waals surface area contributed by atoms with E-state index < -0.39 is 29.9 Å². The van der Waals surface area contributed by atoms with Crippen LogP contribution in [-0.4, -0.2) is 90.7 Å². The number of rotatable bonds is 6. The van der Waals surface area contributed by atoms with Crippen molar-refractivity contribution in [2.24, 2.45) is 5.92 Å². The number of hydrogen-bond acceptors (Lipinski definition) is 8. The summed E-state index contributed by atoms with van der Waals surface area (Å²) >= 11 is 0. The number of benzene rings is 2. The van der Waals surface area contributed by atoms with Crippen LogP contribution < -0.4 is 21.3 Å². The predicted octanol–water partition coefficient (Wildman–Crippen LogP) is 1.93. The predicted molar refractivity (Wildman–Crippen MR) is 196 cm³/mol. The van der Waals surface area contributed by atoms with Crippen LogP contribution in [-0.2, 0) is 38.7 Å². The molecule has 0 unspecified atom stereocenters. The molecule has 4 aromatic rings. The van der Waals surface area contributed by atoms with E-state index in [9.17, 15) is 24.0 Å². The molecule has 2 aromatic carbocycles. The van der Waals surface area contributed by atoms with Crippen LogP contribution >= 0.6 is 0 Å². The molecule has 0 fully saturated rings. The first-order chi connectivity index (χ1) is 25.5. The molecule has 0 radical (unpaired) electrons. The number of carbonyl (C=O) groups is 5. The van der Waals surface area contributed by atoms with Crippen LogP contribution in [0.5, 0.6) is 0 Å². The summed E-state index contributed by atoms with van der Waals surface area (Å²) in [6.07, 6.45) is 3.74. The Kier molecular flexibility index (Phi) is 13.1. The van der Waals surface area contributed by atoms with Crippen molar-refractivity contribution in [3.63, 3.8) is 0 Å². The smallest absolute Gasteiger partial charge is 0.257 e. The van der Waals surface area contributed by atoms with Crippen LogP contribution in [0.4, 0.5) is 0 Å². The monoisotopic (exact) mass is 724 g/mol. The fourth-order valence-electron chi connectivity index (χ4n) is 6.12. The highest BCUT2D eigenvalue weighted by Gasteiger charge is 2.31. The molecule has 4 N–H and O–H groups in total. The quantitative estimate of drug-likeness (QED) is 0.233. The molecule has 280 valence electrons. The summed E-state index contributed by atoms with van der Waals surface area (Å²) < 4.78 is 3.16. The van der Waals surface area contributed by atoms with Crippen molar-refractivity contribution in [3.05, 3.63) is 101 Å². The van der Waals surface area contributed by atoms with Crippen LogP contribution in [0.3, 0.4) is 0 Å². The molecule has 0 bridgehead atoms. The number of nitrogens with one attached hydrogen (secondary N) is 4. The second-order valence-electron chi connectivity index (χ2n) is 13.6. The normalized spacial score (nSPS) is 19.8. The zero-order valence-electron chi connectivity index (χ0n) is 30.6. The van der Waals surface area contributed by atoms with Gasteiger partial charge in [0.15, 0.2) is 5.82 Å². The van der Waals surface area contributed by atoms with Crippen molar-refractivity contribution >= 4 is 29.5 Å². The maximum atomic E-state index is 13.9. The zero-order chi connectivity index (χ0) is 37.9. The van der Waals surface area contributed by atoms with Crippen LogP contribution in [0.15, 0.2) is 73.1 Å². The Labute approximate surface area is 308 Å². The van der Waals surface area contributed by atoms with Gasteiger partial charge >= 0.3 is 0 Å². The fraction of sp³-hybridized carbons (Fsp3) is 0.421. The van der Waals surface area contributed by atoms with Gasteiger partial charge in [-0.3, -0.25) is 28.7 Å². The molecule has 5 amide bonds. The Morgan fingerprint density at radius 3 is 2.28 bits per heavy atom. The second-order valence-corrected chi connectivity index (χ2v) is 13.6. The van der Waals surface area contributed by atoms with Gasteiger partial charge in [0.05, 0.1) is 24.3 Å². The molecule has 15 nitrogen and oxygen atoms in total. The van der Waals surface area contributed by atoms with E-state index in [-0.39, 0.29) is 62.7 Å². The molecule has 53 heavy (non-hydrogen) atoms. The number of aryl methyl sites for hydroxylation is 1. The van der Waals surface area contributed by atoms with Gasteiger partial charge in [0.1, 0.15) is 24.5 Å². The lowest BCUT2D eigenvalue weighted by atomic mass is 10.0. The zero-order valence-corrected chi connectivity index (χ0v) is 30.6. The number of hydrogen-bond donors (Lipinski definition) is 4. The molecule has 0 saturated carbocycles. The molecule has 0 saturated heterocycles. The number of carbonyl (C=O) groups excluding carboxylic acids is 5. The van der Waals surface area contributed by atoms with E-state index in [0.29, 0.717) is 30.2 Å². The van der Waals surface area contributed by atoms with Crippen molar-refractivity contribution < 1.29 is 24.0 Å². The molecule has 3 atom stereocenters. The van der Waals surface area contributed by atoms with Crippen molar-refractivity contribution in [2.45, 2.75) is 78.2 Å². The Morgan fingerprint density at radius 2 is 1.58 bits per heavy atom. The maximum absolute atomic E-state index is 13.9. The van der Waals surface area contributed by atoms with Gasteiger partial charge in [-0.15, -0.1) is 0 Å². The summed E-state index contributed by atoms with van der Waals surface area (Å²) in [5.74, 6) is -1.33. The van der Waals surface area contributed by atoms with E-state index in [1.54, 1.807) is 29.6 Å². The molecule has 3 heterocycles. The minimum atomic E-state index is -0.978. The lowest BCUT2D eigenvalue weighted by molar-refractivity contribution is -0.132. The minimum absolute atomic E-state index is 0.0411. The Morgan fingerprint density at radius 1 is 0.887 bits per heavy atom. The van der Waals surface area contributed by atoms with Gasteiger partial charge in [-0.05, 0) is 37.3 Å². The summed E-state index contributed by atoms with van der Waals surface area (Å²) in [5.41, 5.74) is 2.25. The molecular formula is C38H48N10O5.